The predicted octanol–water partition coefficient (Wildman–Crippen LogP) is 4.17. The third-order valence-electron chi connectivity index (χ3n) is 5.09. The zero-order valence-corrected chi connectivity index (χ0v) is 16.4. The number of benzene rings is 2. The minimum Gasteiger partial charge on any atom is -0.346 e. The Bertz CT molecular complexity index is 890. The van der Waals surface area contributed by atoms with Gasteiger partial charge in [0.15, 0.2) is 0 Å². The third-order valence-corrected chi connectivity index (χ3v) is 5.09. The van der Waals surface area contributed by atoms with Crippen molar-refractivity contribution in [3.63, 3.8) is 0 Å². The molecule has 146 valence electrons. The Morgan fingerprint density at radius 2 is 1.79 bits per heavy atom. The van der Waals surface area contributed by atoms with Crippen molar-refractivity contribution in [2.45, 2.75) is 25.2 Å². The molecule has 0 saturated heterocycles. The largest absolute Gasteiger partial charge is 0.346 e. The molecule has 0 N–H and O–H groups in total. The monoisotopic (exact) mass is 379 g/mol. The summed E-state index contributed by atoms with van der Waals surface area (Å²) in [5.74, 6) is 0.743. The average molecular weight is 379 g/mol. The van der Waals surface area contributed by atoms with Crippen LogP contribution in [-0.2, 0) is 18.3 Å². The summed E-state index contributed by atoms with van der Waals surface area (Å²) in [7, 11) is 3.82. The number of hydrogen-bond donors (Lipinski definition) is 0. The number of nitrogens with zero attached hydrogens (tertiary/aromatic N) is 3. The molecule has 28 heavy (non-hydrogen) atoms. The van der Waals surface area contributed by atoms with E-state index < -0.39 is 0 Å². The number of carbonyl (C=O) groups excluding carboxylic acids is 1. The van der Waals surface area contributed by atoms with E-state index >= 15 is 0 Å². The second-order valence-electron chi connectivity index (χ2n) is 7.09. The van der Waals surface area contributed by atoms with Gasteiger partial charge in [0.05, 0.1) is 0 Å². The topological polar surface area (TPSA) is 38.1 Å². The lowest BCUT2D eigenvalue weighted by Gasteiger charge is -2.22. The van der Waals surface area contributed by atoms with E-state index in [0.29, 0.717) is 13.0 Å². The molecule has 1 amide bonds. The van der Waals surface area contributed by atoms with Crippen molar-refractivity contribution in [3.05, 3.63) is 89.8 Å². The van der Waals surface area contributed by atoms with E-state index in [0.717, 1.165) is 29.8 Å². The highest BCUT2D eigenvalue weighted by Gasteiger charge is 2.20. The van der Waals surface area contributed by atoms with Crippen molar-refractivity contribution in [1.29, 1.82) is 0 Å². The van der Waals surface area contributed by atoms with Crippen molar-refractivity contribution >= 4 is 5.91 Å². The van der Waals surface area contributed by atoms with Crippen molar-refractivity contribution in [1.82, 2.24) is 14.5 Å². The molecule has 3 aromatic rings. The summed E-state index contributed by atoms with van der Waals surface area (Å²) in [6.07, 6.45) is 5.77. The number of halogens is 1. The quantitative estimate of drug-likeness (QED) is 0.589. The predicted molar refractivity (Wildman–Crippen MR) is 108 cm³/mol. The highest BCUT2D eigenvalue weighted by atomic mass is 19.1. The molecule has 0 aliphatic heterocycles. The first kappa shape index (κ1) is 19.8. The van der Waals surface area contributed by atoms with Crippen LogP contribution in [0.25, 0.3) is 0 Å². The van der Waals surface area contributed by atoms with Gasteiger partial charge in [0, 0.05) is 51.8 Å². The summed E-state index contributed by atoms with van der Waals surface area (Å²) in [6.45, 7) is 0.677. The van der Waals surface area contributed by atoms with Crippen molar-refractivity contribution < 1.29 is 9.18 Å². The molecule has 0 radical (unpaired) electrons. The number of hydrogen-bond acceptors (Lipinski definition) is 2. The van der Waals surface area contributed by atoms with Gasteiger partial charge in [0.1, 0.15) is 11.6 Å². The van der Waals surface area contributed by atoms with E-state index in [2.05, 4.69) is 4.98 Å². The van der Waals surface area contributed by atoms with Crippen LogP contribution in [0.5, 0.6) is 0 Å². The lowest BCUT2D eigenvalue weighted by atomic mass is 9.88. The lowest BCUT2D eigenvalue weighted by Crippen LogP contribution is -2.29. The number of rotatable bonds is 8. The second kappa shape index (κ2) is 9.31. The van der Waals surface area contributed by atoms with E-state index in [9.17, 15) is 9.18 Å². The van der Waals surface area contributed by atoms with Crippen LogP contribution in [0, 0.1) is 5.82 Å². The van der Waals surface area contributed by atoms with Crippen molar-refractivity contribution in [2.75, 3.05) is 13.6 Å². The number of aromatic nitrogens is 2. The highest BCUT2D eigenvalue weighted by Crippen LogP contribution is 2.28. The third kappa shape index (κ3) is 5.06. The maximum absolute atomic E-state index is 13.3. The molecule has 0 fully saturated rings. The second-order valence-corrected chi connectivity index (χ2v) is 7.09. The summed E-state index contributed by atoms with van der Waals surface area (Å²) in [5.41, 5.74) is 2.01. The lowest BCUT2D eigenvalue weighted by molar-refractivity contribution is -0.130. The maximum atomic E-state index is 13.3. The van der Waals surface area contributed by atoms with E-state index in [1.165, 1.54) is 12.1 Å². The van der Waals surface area contributed by atoms with Gasteiger partial charge in [0.25, 0.3) is 0 Å². The fourth-order valence-electron chi connectivity index (χ4n) is 3.38. The number of imidazole rings is 1. The van der Waals surface area contributed by atoms with E-state index in [-0.39, 0.29) is 17.6 Å². The van der Waals surface area contributed by atoms with Crippen LogP contribution in [0.15, 0.2) is 67.0 Å². The van der Waals surface area contributed by atoms with Gasteiger partial charge in [-0.3, -0.25) is 4.79 Å². The van der Waals surface area contributed by atoms with E-state index in [1.54, 1.807) is 23.2 Å². The molecule has 1 unspecified atom stereocenters. The Labute approximate surface area is 165 Å². The van der Waals surface area contributed by atoms with Gasteiger partial charge in [-0.05, 0) is 29.7 Å². The summed E-state index contributed by atoms with van der Waals surface area (Å²) in [6, 6.07) is 16.3. The standard InChI is InChI=1S/C23H26FN3O/c1-26-16-14-25-22(26)9-6-15-27(2)23(28)17-21(18-7-4-3-5-8-18)19-10-12-20(24)13-11-19/h3-5,7-8,10-14,16,21H,6,9,15,17H2,1-2H3. The molecule has 5 heteroatoms. The van der Waals surface area contributed by atoms with Crippen molar-refractivity contribution in [2.24, 2.45) is 7.05 Å². The molecule has 1 heterocycles. The van der Waals surface area contributed by atoms with Crippen LogP contribution in [0.1, 0.15) is 35.7 Å². The number of amides is 1. The van der Waals surface area contributed by atoms with Crippen LogP contribution in [0.3, 0.4) is 0 Å². The zero-order chi connectivity index (χ0) is 19.9. The maximum Gasteiger partial charge on any atom is 0.223 e. The van der Waals surface area contributed by atoms with Crippen LogP contribution >= 0.6 is 0 Å². The van der Waals surface area contributed by atoms with Crippen molar-refractivity contribution in [3.8, 4) is 0 Å². The Morgan fingerprint density at radius 3 is 2.43 bits per heavy atom. The first-order valence-corrected chi connectivity index (χ1v) is 9.55. The summed E-state index contributed by atoms with van der Waals surface area (Å²) >= 11 is 0. The van der Waals surface area contributed by atoms with Gasteiger partial charge in [-0.2, -0.15) is 0 Å². The summed E-state index contributed by atoms with van der Waals surface area (Å²) in [4.78, 5) is 19.0. The van der Waals surface area contributed by atoms with Crippen LogP contribution in [-0.4, -0.2) is 34.0 Å². The Hall–Kier alpha value is -2.95. The minimum absolute atomic E-state index is 0.0815. The molecule has 1 aromatic heterocycles. The van der Waals surface area contributed by atoms with Gasteiger partial charge in [-0.25, -0.2) is 9.37 Å². The zero-order valence-electron chi connectivity index (χ0n) is 16.4. The van der Waals surface area contributed by atoms with Gasteiger partial charge in [-0.1, -0.05) is 42.5 Å². The average Bonchev–Trinajstić information content (AvgIpc) is 3.12. The molecule has 0 saturated carbocycles. The number of carbonyl (C=O) groups is 1. The molecule has 0 spiro atoms. The fraction of sp³-hybridized carbons (Fsp3) is 0.304. The number of aryl methyl sites for hydroxylation is 2. The molecule has 1 atom stereocenters. The van der Waals surface area contributed by atoms with E-state index in [1.807, 2.05) is 55.2 Å². The smallest absolute Gasteiger partial charge is 0.223 e. The van der Waals surface area contributed by atoms with Crippen LogP contribution in [0.2, 0.25) is 0 Å². The molecule has 0 bridgehead atoms. The normalized spacial score (nSPS) is 12.0. The molecular weight excluding hydrogens is 353 g/mol. The highest BCUT2D eigenvalue weighted by molar-refractivity contribution is 5.77. The van der Waals surface area contributed by atoms with Crippen LogP contribution < -0.4 is 0 Å². The summed E-state index contributed by atoms with van der Waals surface area (Å²) < 4.78 is 15.3. The molecule has 2 aromatic carbocycles. The first-order valence-electron chi connectivity index (χ1n) is 9.55. The van der Waals surface area contributed by atoms with E-state index in [4.69, 9.17) is 0 Å². The fourth-order valence-corrected chi connectivity index (χ4v) is 3.38. The van der Waals surface area contributed by atoms with Gasteiger partial charge >= 0.3 is 0 Å². The molecule has 3 rings (SSSR count). The van der Waals surface area contributed by atoms with Gasteiger partial charge in [0.2, 0.25) is 5.91 Å². The Morgan fingerprint density at radius 1 is 1.11 bits per heavy atom. The molecule has 0 aliphatic rings. The molecule has 0 aliphatic carbocycles. The van der Waals surface area contributed by atoms with Gasteiger partial charge in [-0.15, -0.1) is 0 Å². The minimum atomic E-state index is -0.270. The molecule has 4 nitrogen and oxygen atoms in total. The Balaban J connectivity index is 1.65. The van der Waals surface area contributed by atoms with Crippen LogP contribution in [0.4, 0.5) is 4.39 Å². The summed E-state index contributed by atoms with van der Waals surface area (Å²) in [5, 5.41) is 0. The SMILES string of the molecule is CN(CCCc1nccn1C)C(=O)CC(c1ccccc1)c1ccc(F)cc1. The molecular formula is C23H26FN3O. The first-order chi connectivity index (χ1) is 13.5. The van der Waals surface area contributed by atoms with Gasteiger partial charge < -0.3 is 9.47 Å². The Kier molecular flexibility index (Phi) is 6.58.